The average Bonchev–Trinajstić information content (AvgIpc) is 3.43. The lowest BCUT2D eigenvalue weighted by atomic mass is 10.2. The molecule has 0 bridgehead atoms. The smallest absolute Gasteiger partial charge is 0.305 e. The molecule has 1 fully saturated rings. The van der Waals surface area contributed by atoms with E-state index in [0.29, 0.717) is 45.7 Å². The SMILES string of the molecule is COc1ccc(OC)c(-c2nc(COc3ccccc3C=NN=C3NC(=O)C(CC(=O)O)S3)c(C)o2)c1. The van der Waals surface area contributed by atoms with Crippen LogP contribution in [0.1, 0.15) is 23.4 Å². The van der Waals surface area contributed by atoms with Gasteiger partial charge in [-0.3, -0.25) is 9.59 Å². The molecule has 12 heteroatoms. The van der Waals surface area contributed by atoms with Gasteiger partial charge in [0.25, 0.3) is 0 Å². The summed E-state index contributed by atoms with van der Waals surface area (Å²) in [5, 5.41) is 18.9. The quantitative estimate of drug-likeness (QED) is 0.300. The molecule has 0 aliphatic carbocycles. The Labute approximate surface area is 216 Å². The molecule has 1 amide bonds. The van der Waals surface area contributed by atoms with Crippen LogP contribution in [0.4, 0.5) is 0 Å². The van der Waals surface area contributed by atoms with Crippen LogP contribution in [0.25, 0.3) is 11.5 Å². The Balaban J connectivity index is 1.46. The summed E-state index contributed by atoms with van der Waals surface area (Å²) in [6.07, 6.45) is 1.20. The highest BCUT2D eigenvalue weighted by Gasteiger charge is 2.32. The van der Waals surface area contributed by atoms with Crippen molar-refractivity contribution in [2.45, 2.75) is 25.2 Å². The number of benzene rings is 2. The van der Waals surface area contributed by atoms with Gasteiger partial charge in [-0.2, -0.15) is 5.10 Å². The number of amides is 1. The van der Waals surface area contributed by atoms with Crippen molar-refractivity contribution >= 4 is 35.0 Å². The Kier molecular flexibility index (Phi) is 8.08. The zero-order valence-electron chi connectivity index (χ0n) is 20.3. The Morgan fingerprint density at radius 1 is 1.22 bits per heavy atom. The van der Waals surface area contributed by atoms with Crippen molar-refractivity contribution in [1.29, 1.82) is 0 Å². The van der Waals surface area contributed by atoms with Crippen molar-refractivity contribution in [3.63, 3.8) is 0 Å². The maximum atomic E-state index is 11.8. The molecule has 2 aromatic carbocycles. The van der Waals surface area contributed by atoms with Crippen LogP contribution in [0.2, 0.25) is 0 Å². The summed E-state index contributed by atoms with van der Waals surface area (Å²) < 4.78 is 22.6. The standard InChI is InChI=1S/C25H24N4O7S/c1-14-18(27-24(36-14)17-10-16(33-2)8-9-20(17)34-3)13-35-19-7-5-4-6-15(19)12-26-29-25-28-23(32)21(37-25)11-22(30)31/h4-10,12,21H,11,13H2,1-3H3,(H,30,31)(H,28,29,32). The molecule has 3 aromatic rings. The van der Waals surface area contributed by atoms with Gasteiger partial charge < -0.3 is 29.1 Å². The normalized spacial score (nSPS) is 16.2. The fraction of sp³-hybridized carbons (Fsp3) is 0.240. The second-order valence-corrected chi connectivity index (χ2v) is 8.95. The summed E-state index contributed by atoms with van der Waals surface area (Å²) in [6, 6.07) is 12.6. The number of oxazole rings is 1. The molecular weight excluding hydrogens is 500 g/mol. The largest absolute Gasteiger partial charge is 0.497 e. The molecule has 0 radical (unpaired) electrons. The van der Waals surface area contributed by atoms with Crippen LogP contribution in [-0.4, -0.2) is 52.8 Å². The number of rotatable bonds is 10. The third-order valence-electron chi connectivity index (χ3n) is 5.29. The van der Waals surface area contributed by atoms with Gasteiger partial charge in [-0.05, 0) is 37.3 Å². The lowest BCUT2D eigenvalue weighted by molar-refractivity contribution is -0.138. The van der Waals surface area contributed by atoms with E-state index in [1.807, 2.05) is 12.1 Å². The van der Waals surface area contributed by atoms with Crippen LogP contribution in [0.15, 0.2) is 57.1 Å². The van der Waals surface area contributed by atoms with Gasteiger partial charge in [-0.25, -0.2) is 4.98 Å². The summed E-state index contributed by atoms with van der Waals surface area (Å²) >= 11 is 1.03. The molecule has 37 heavy (non-hydrogen) atoms. The number of carboxylic acids is 1. The minimum Gasteiger partial charge on any atom is -0.497 e. The number of carbonyl (C=O) groups excluding carboxylic acids is 1. The summed E-state index contributed by atoms with van der Waals surface area (Å²) in [7, 11) is 3.15. The number of para-hydroxylation sites is 1. The van der Waals surface area contributed by atoms with Crippen LogP contribution in [-0.2, 0) is 16.2 Å². The number of carbonyl (C=O) groups is 2. The number of thioether (sulfide) groups is 1. The monoisotopic (exact) mass is 524 g/mol. The topological polar surface area (TPSA) is 145 Å². The highest BCUT2D eigenvalue weighted by molar-refractivity contribution is 8.15. The van der Waals surface area contributed by atoms with E-state index in [1.54, 1.807) is 51.5 Å². The van der Waals surface area contributed by atoms with Crippen molar-refractivity contribution in [3.8, 4) is 28.7 Å². The van der Waals surface area contributed by atoms with E-state index in [-0.39, 0.29) is 18.2 Å². The van der Waals surface area contributed by atoms with E-state index in [0.717, 1.165) is 11.8 Å². The number of methoxy groups -OCH3 is 2. The Hall–Kier alpha value is -4.32. The number of ether oxygens (including phenoxy) is 3. The minimum atomic E-state index is -1.06. The molecule has 4 rings (SSSR count). The van der Waals surface area contributed by atoms with Crippen molar-refractivity contribution in [2.24, 2.45) is 10.2 Å². The third-order valence-corrected chi connectivity index (χ3v) is 6.37. The average molecular weight is 525 g/mol. The molecule has 0 spiro atoms. The van der Waals surface area contributed by atoms with Gasteiger partial charge >= 0.3 is 5.97 Å². The molecule has 2 heterocycles. The van der Waals surface area contributed by atoms with Crippen molar-refractivity contribution in [2.75, 3.05) is 14.2 Å². The second kappa shape index (κ2) is 11.6. The van der Waals surface area contributed by atoms with Crippen LogP contribution in [0, 0.1) is 6.92 Å². The number of nitrogens with one attached hydrogen (secondary N) is 1. The number of nitrogens with zero attached hydrogens (tertiary/aromatic N) is 3. The molecule has 1 aliphatic heterocycles. The van der Waals surface area contributed by atoms with Gasteiger partial charge in [-0.1, -0.05) is 23.9 Å². The molecule has 1 aromatic heterocycles. The Morgan fingerprint density at radius 2 is 2.03 bits per heavy atom. The first-order chi connectivity index (χ1) is 17.9. The summed E-state index contributed by atoms with van der Waals surface area (Å²) in [5.41, 5.74) is 1.92. The number of aromatic nitrogens is 1. The fourth-order valence-electron chi connectivity index (χ4n) is 3.41. The highest BCUT2D eigenvalue weighted by Crippen LogP contribution is 2.34. The molecule has 1 atom stereocenters. The molecule has 1 saturated heterocycles. The van der Waals surface area contributed by atoms with E-state index in [1.165, 1.54) is 6.21 Å². The Bertz CT molecular complexity index is 1370. The highest BCUT2D eigenvalue weighted by atomic mass is 32.2. The van der Waals surface area contributed by atoms with Crippen molar-refractivity contribution in [1.82, 2.24) is 10.3 Å². The maximum Gasteiger partial charge on any atom is 0.305 e. The number of carboxylic acid groups (broad SMARTS) is 1. The van der Waals surface area contributed by atoms with E-state index in [9.17, 15) is 9.59 Å². The fourth-order valence-corrected chi connectivity index (χ4v) is 4.33. The van der Waals surface area contributed by atoms with Gasteiger partial charge in [0, 0.05) is 5.56 Å². The first-order valence-corrected chi connectivity index (χ1v) is 12.0. The number of aryl methyl sites for hydroxylation is 1. The second-order valence-electron chi connectivity index (χ2n) is 7.76. The number of hydrogen-bond acceptors (Lipinski definition) is 10. The number of amidine groups is 1. The van der Waals surface area contributed by atoms with E-state index in [4.69, 9.17) is 23.7 Å². The molecule has 2 N–H and O–H groups in total. The van der Waals surface area contributed by atoms with Gasteiger partial charge in [0.15, 0.2) is 5.17 Å². The molecule has 1 unspecified atom stereocenters. The predicted octanol–water partition coefficient (Wildman–Crippen LogP) is 3.64. The van der Waals surface area contributed by atoms with Gasteiger partial charge in [0.2, 0.25) is 11.8 Å². The lowest BCUT2D eigenvalue weighted by Gasteiger charge is -2.08. The molecule has 192 valence electrons. The molecule has 0 saturated carbocycles. The molecule has 11 nitrogen and oxygen atoms in total. The molecular formula is C25H24N4O7S. The van der Waals surface area contributed by atoms with Crippen molar-refractivity contribution < 1.29 is 33.3 Å². The summed E-state index contributed by atoms with van der Waals surface area (Å²) in [6.45, 7) is 1.94. The zero-order chi connectivity index (χ0) is 26.4. The third kappa shape index (κ3) is 6.28. The minimum absolute atomic E-state index is 0.143. The molecule has 1 aliphatic rings. The van der Waals surface area contributed by atoms with Crippen LogP contribution < -0.4 is 19.5 Å². The first kappa shape index (κ1) is 25.8. The first-order valence-electron chi connectivity index (χ1n) is 11.1. The van der Waals surface area contributed by atoms with E-state index in [2.05, 4.69) is 20.5 Å². The number of aliphatic carboxylic acids is 1. The van der Waals surface area contributed by atoms with Crippen LogP contribution in [0.3, 0.4) is 0 Å². The van der Waals surface area contributed by atoms with Gasteiger partial charge in [-0.15, -0.1) is 5.10 Å². The van der Waals surface area contributed by atoms with Gasteiger partial charge in [0.1, 0.15) is 40.6 Å². The maximum absolute atomic E-state index is 11.8. The van der Waals surface area contributed by atoms with Gasteiger partial charge in [0.05, 0.1) is 32.4 Å². The zero-order valence-corrected chi connectivity index (χ0v) is 21.1. The van der Waals surface area contributed by atoms with E-state index < -0.39 is 17.1 Å². The van der Waals surface area contributed by atoms with E-state index >= 15 is 0 Å². The number of hydrogen-bond donors (Lipinski definition) is 2. The van der Waals surface area contributed by atoms with Crippen molar-refractivity contribution in [3.05, 3.63) is 59.5 Å². The predicted molar refractivity (Wildman–Crippen MR) is 137 cm³/mol. The summed E-state index contributed by atoms with van der Waals surface area (Å²) in [4.78, 5) is 27.3. The Morgan fingerprint density at radius 3 is 2.78 bits per heavy atom. The van der Waals surface area contributed by atoms with Crippen LogP contribution in [0.5, 0.6) is 17.2 Å². The van der Waals surface area contributed by atoms with Crippen LogP contribution >= 0.6 is 11.8 Å². The lowest BCUT2D eigenvalue weighted by Crippen LogP contribution is -2.26. The summed E-state index contributed by atoms with van der Waals surface area (Å²) in [5.74, 6) is 1.32.